The van der Waals surface area contributed by atoms with Crippen LogP contribution < -0.4 is 0 Å². The van der Waals surface area contributed by atoms with Gasteiger partial charge in [-0.2, -0.15) is 0 Å². The average molecular weight is 235 g/mol. The van der Waals surface area contributed by atoms with Crippen LogP contribution in [0.3, 0.4) is 0 Å². The molecule has 1 heterocycles. The predicted molar refractivity (Wildman–Crippen MR) is 67.4 cm³/mol. The molecule has 0 unspecified atom stereocenters. The van der Waals surface area contributed by atoms with E-state index in [1.165, 1.54) is 17.7 Å². The zero-order chi connectivity index (χ0) is 11.4. The highest BCUT2D eigenvalue weighted by Gasteiger charge is 2.26. The SMILES string of the molecule is CN(Cc1sccc1C#CCCO)C1CC1. The van der Waals surface area contributed by atoms with Crippen LogP contribution in [0, 0.1) is 11.8 Å². The molecule has 0 aliphatic heterocycles. The third-order valence-electron chi connectivity index (χ3n) is 2.77. The van der Waals surface area contributed by atoms with Gasteiger partial charge in [0, 0.05) is 29.4 Å². The number of nitrogens with zero attached hydrogens (tertiary/aromatic N) is 1. The van der Waals surface area contributed by atoms with E-state index in [4.69, 9.17) is 5.11 Å². The maximum Gasteiger partial charge on any atom is 0.0540 e. The van der Waals surface area contributed by atoms with Crippen LogP contribution in [0.5, 0.6) is 0 Å². The van der Waals surface area contributed by atoms with Gasteiger partial charge in [-0.25, -0.2) is 0 Å². The molecule has 1 saturated carbocycles. The second-order valence-corrected chi connectivity index (χ2v) is 5.18. The van der Waals surface area contributed by atoms with E-state index in [2.05, 4.69) is 35.2 Å². The Morgan fingerprint density at radius 3 is 3.06 bits per heavy atom. The van der Waals surface area contributed by atoms with Crippen molar-refractivity contribution in [2.75, 3.05) is 13.7 Å². The lowest BCUT2D eigenvalue weighted by molar-refractivity contribution is 0.305. The van der Waals surface area contributed by atoms with Crippen molar-refractivity contribution >= 4 is 11.3 Å². The van der Waals surface area contributed by atoms with E-state index in [9.17, 15) is 0 Å². The van der Waals surface area contributed by atoms with Crippen molar-refractivity contribution in [3.8, 4) is 11.8 Å². The van der Waals surface area contributed by atoms with Crippen molar-refractivity contribution in [2.24, 2.45) is 0 Å². The van der Waals surface area contributed by atoms with Gasteiger partial charge in [-0.15, -0.1) is 11.3 Å². The molecule has 2 nitrogen and oxygen atoms in total. The van der Waals surface area contributed by atoms with Gasteiger partial charge in [0.15, 0.2) is 0 Å². The molecule has 0 radical (unpaired) electrons. The molecule has 3 heteroatoms. The molecule has 1 aliphatic carbocycles. The highest BCUT2D eigenvalue weighted by atomic mass is 32.1. The van der Waals surface area contributed by atoms with E-state index >= 15 is 0 Å². The Morgan fingerprint density at radius 2 is 2.38 bits per heavy atom. The first kappa shape index (κ1) is 11.7. The van der Waals surface area contributed by atoms with Gasteiger partial charge in [-0.1, -0.05) is 11.8 Å². The summed E-state index contributed by atoms with van der Waals surface area (Å²) in [6.07, 6.45) is 3.24. The van der Waals surface area contributed by atoms with Crippen LogP contribution in [0.4, 0.5) is 0 Å². The number of thiophene rings is 1. The van der Waals surface area contributed by atoms with Crippen molar-refractivity contribution in [1.82, 2.24) is 4.90 Å². The van der Waals surface area contributed by atoms with Crippen LogP contribution in [0.2, 0.25) is 0 Å². The molecule has 1 N–H and O–H groups in total. The van der Waals surface area contributed by atoms with Gasteiger partial charge in [-0.3, -0.25) is 4.90 Å². The lowest BCUT2D eigenvalue weighted by Gasteiger charge is -2.14. The summed E-state index contributed by atoms with van der Waals surface area (Å²) in [6.45, 7) is 1.15. The van der Waals surface area contributed by atoms with E-state index in [1.807, 2.05) is 0 Å². The summed E-state index contributed by atoms with van der Waals surface area (Å²) in [6, 6.07) is 2.87. The first-order valence-electron chi connectivity index (χ1n) is 5.67. The molecule has 16 heavy (non-hydrogen) atoms. The van der Waals surface area contributed by atoms with Crippen LogP contribution in [-0.4, -0.2) is 29.7 Å². The Labute approximate surface area is 101 Å². The molecule has 1 aromatic rings. The molecule has 86 valence electrons. The maximum absolute atomic E-state index is 8.68. The van der Waals surface area contributed by atoms with Crippen LogP contribution >= 0.6 is 11.3 Å². The van der Waals surface area contributed by atoms with E-state index in [0.717, 1.165) is 18.2 Å². The normalized spacial score (nSPS) is 14.9. The first-order valence-corrected chi connectivity index (χ1v) is 6.55. The second-order valence-electron chi connectivity index (χ2n) is 4.18. The van der Waals surface area contributed by atoms with Crippen molar-refractivity contribution in [2.45, 2.75) is 31.8 Å². The van der Waals surface area contributed by atoms with Crippen LogP contribution in [-0.2, 0) is 6.54 Å². The van der Waals surface area contributed by atoms with E-state index in [0.29, 0.717) is 6.42 Å². The Bertz CT molecular complexity index is 398. The molecule has 0 bridgehead atoms. The van der Waals surface area contributed by atoms with Gasteiger partial charge in [0.2, 0.25) is 0 Å². The summed E-state index contributed by atoms with van der Waals surface area (Å²) in [5.41, 5.74) is 1.13. The largest absolute Gasteiger partial charge is 0.395 e. The second kappa shape index (κ2) is 5.49. The number of rotatable bonds is 4. The molecule has 2 rings (SSSR count). The molecular formula is C13H17NOS. The number of aliphatic hydroxyl groups excluding tert-OH is 1. The fourth-order valence-corrected chi connectivity index (χ4v) is 2.55. The van der Waals surface area contributed by atoms with Crippen LogP contribution in [0.25, 0.3) is 0 Å². The van der Waals surface area contributed by atoms with Crippen molar-refractivity contribution in [1.29, 1.82) is 0 Å². The zero-order valence-electron chi connectivity index (χ0n) is 9.57. The predicted octanol–water partition coefficient (Wildman–Crippen LogP) is 2.08. The zero-order valence-corrected chi connectivity index (χ0v) is 10.4. The lowest BCUT2D eigenvalue weighted by Crippen LogP contribution is -2.19. The Hall–Kier alpha value is -0.820. The quantitative estimate of drug-likeness (QED) is 0.808. The van der Waals surface area contributed by atoms with Crippen molar-refractivity contribution in [3.63, 3.8) is 0 Å². The third-order valence-corrected chi connectivity index (χ3v) is 3.67. The first-order chi connectivity index (χ1) is 7.81. The standard InChI is InChI=1S/C13H17NOS/c1-14(12-5-6-12)10-13-11(7-9-16-13)4-2-3-8-15/h7,9,12,15H,3,5-6,8,10H2,1H3. The summed E-state index contributed by atoms with van der Waals surface area (Å²) in [4.78, 5) is 3.75. The van der Waals surface area contributed by atoms with Gasteiger partial charge in [0.05, 0.1) is 6.61 Å². The molecule has 1 aromatic heterocycles. The van der Waals surface area contributed by atoms with E-state index < -0.39 is 0 Å². The Balaban J connectivity index is 1.98. The third kappa shape index (κ3) is 3.08. The number of hydrogen-bond acceptors (Lipinski definition) is 3. The minimum absolute atomic E-state index is 0.147. The Kier molecular flexibility index (Phi) is 4.00. The molecule has 1 aliphatic rings. The lowest BCUT2D eigenvalue weighted by atomic mass is 10.2. The number of aliphatic hydroxyl groups is 1. The summed E-state index contributed by atoms with van der Waals surface area (Å²) in [5.74, 6) is 6.12. The van der Waals surface area contributed by atoms with Gasteiger partial charge in [-0.05, 0) is 31.3 Å². The van der Waals surface area contributed by atoms with Gasteiger partial charge >= 0.3 is 0 Å². The van der Waals surface area contributed by atoms with Crippen LogP contribution in [0.1, 0.15) is 29.7 Å². The van der Waals surface area contributed by atoms with Crippen molar-refractivity contribution in [3.05, 3.63) is 21.9 Å². The summed E-state index contributed by atoms with van der Waals surface area (Å²) >= 11 is 1.77. The molecule has 0 aromatic carbocycles. The van der Waals surface area contributed by atoms with Gasteiger partial charge in [0.1, 0.15) is 0 Å². The smallest absolute Gasteiger partial charge is 0.0540 e. The molecule has 0 atom stereocenters. The molecule has 0 amide bonds. The minimum Gasteiger partial charge on any atom is -0.395 e. The highest BCUT2D eigenvalue weighted by molar-refractivity contribution is 7.10. The average Bonchev–Trinajstić information content (AvgIpc) is 3.04. The van der Waals surface area contributed by atoms with Crippen LogP contribution in [0.15, 0.2) is 11.4 Å². The van der Waals surface area contributed by atoms with Crippen molar-refractivity contribution < 1.29 is 5.11 Å². The van der Waals surface area contributed by atoms with E-state index in [1.54, 1.807) is 11.3 Å². The van der Waals surface area contributed by atoms with Gasteiger partial charge in [0.25, 0.3) is 0 Å². The topological polar surface area (TPSA) is 23.5 Å². The molecule has 1 fully saturated rings. The number of hydrogen-bond donors (Lipinski definition) is 1. The molecular weight excluding hydrogens is 218 g/mol. The van der Waals surface area contributed by atoms with Gasteiger partial charge < -0.3 is 5.11 Å². The monoisotopic (exact) mass is 235 g/mol. The molecule has 0 spiro atoms. The highest BCUT2D eigenvalue weighted by Crippen LogP contribution is 2.28. The van der Waals surface area contributed by atoms with E-state index in [-0.39, 0.29) is 6.61 Å². The fraction of sp³-hybridized carbons (Fsp3) is 0.538. The Morgan fingerprint density at radius 1 is 1.56 bits per heavy atom. The fourth-order valence-electron chi connectivity index (χ4n) is 1.66. The summed E-state index contributed by atoms with van der Waals surface area (Å²) in [7, 11) is 2.18. The summed E-state index contributed by atoms with van der Waals surface area (Å²) < 4.78 is 0. The summed E-state index contributed by atoms with van der Waals surface area (Å²) in [5, 5.41) is 10.8. The molecule has 0 saturated heterocycles. The minimum atomic E-state index is 0.147. The maximum atomic E-state index is 8.68.